The molecule has 1 amide bonds. The van der Waals surface area contributed by atoms with Crippen LogP contribution in [0, 0.1) is 10.1 Å². The fourth-order valence-corrected chi connectivity index (χ4v) is 4.32. The van der Waals surface area contributed by atoms with Crippen LogP contribution >= 0.6 is 0 Å². The van der Waals surface area contributed by atoms with E-state index in [1.807, 2.05) is 0 Å². The number of ether oxygens (including phenoxy) is 2. The Morgan fingerprint density at radius 3 is 2.41 bits per heavy atom. The van der Waals surface area contributed by atoms with E-state index in [9.17, 15) is 28.1 Å². The maximum absolute atomic E-state index is 12.6. The number of carbonyl (C=O) groups excluding carboxylic acids is 2. The third-order valence-corrected chi connectivity index (χ3v) is 6.45. The van der Waals surface area contributed by atoms with Gasteiger partial charge in [0, 0.05) is 24.8 Å². The highest BCUT2D eigenvalue weighted by atomic mass is 32.2. The minimum atomic E-state index is -3.71. The van der Waals surface area contributed by atoms with Gasteiger partial charge in [0.2, 0.25) is 10.0 Å². The topological polar surface area (TPSA) is 145 Å². The normalized spacial score (nSPS) is 11.1. The molecule has 0 radical (unpaired) electrons. The average Bonchev–Trinajstić information content (AvgIpc) is 2.77. The van der Waals surface area contributed by atoms with E-state index in [4.69, 9.17) is 9.47 Å². The number of hydrogen-bond acceptors (Lipinski definition) is 8. The van der Waals surface area contributed by atoms with Crippen LogP contribution in [0.1, 0.15) is 24.2 Å². The number of nitrogens with zero attached hydrogens (tertiary/aromatic N) is 2. The molecule has 0 saturated heterocycles. The third kappa shape index (κ3) is 5.80. The van der Waals surface area contributed by atoms with Crippen molar-refractivity contribution in [2.75, 3.05) is 32.1 Å². The number of benzene rings is 2. The highest BCUT2D eigenvalue weighted by Gasteiger charge is 2.22. The summed E-state index contributed by atoms with van der Waals surface area (Å²) in [6.07, 6.45) is 0. The Hall–Kier alpha value is -3.51. The van der Waals surface area contributed by atoms with Crippen LogP contribution < -0.4 is 10.1 Å². The van der Waals surface area contributed by atoms with Gasteiger partial charge in [0.15, 0.2) is 12.4 Å². The molecule has 2 rings (SSSR count). The van der Waals surface area contributed by atoms with E-state index in [0.29, 0.717) is 13.1 Å². The minimum Gasteiger partial charge on any atom is -0.490 e. The Kier molecular flexibility index (Phi) is 8.27. The first-order chi connectivity index (χ1) is 15.1. The molecule has 2 aromatic rings. The second-order valence-corrected chi connectivity index (χ2v) is 8.32. The van der Waals surface area contributed by atoms with Gasteiger partial charge in [-0.15, -0.1) is 0 Å². The molecule has 0 spiro atoms. The number of amides is 1. The molecule has 0 unspecified atom stereocenters. The number of carbonyl (C=O) groups is 2. The van der Waals surface area contributed by atoms with Crippen molar-refractivity contribution in [3.63, 3.8) is 0 Å². The van der Waals surface area contributed by atoms with E-state index in [1.165, 1.54) is 47.8 Å². The summed E-state index contributed by atoms with van der Waals surface area (Å²) in [4.78, 5) is 34.7. The van der Waals surface area contributed by atoms with Gasteiger partial charge >= 0.3 is 11.7 Å². The number of nitro groups is 1. The highest BCUT2D eigenvalue weighted by Crippen LogP contribution is 2.27. The fraction of sp³-hybridized carbons (Fsp3) is 0.300. The van der Waals surface area contributed by atoms with Crippen LogP contribution in [0.15, 0.2) is 47.4 Å². The lowest BCUT2D eigenvalue weighted by Crippen LogP contribution is -2.30. The molecule has 11 nitrogen and oxygen atoms in total. The Morgan fingerprint density at radius 1 is 1.12 bits per heavy atom. The molecule has 0 aliphatic rings. The van der Waals surface area contributed by atoms with E-state index >= 15 is 0 Å². The molecule has 0 aliphatic heterocycles. The zero-order chi connectivity index (χ0) is 23.9. The van der Waals surface area contributed by atoms with Gasteiger partial charge in [0.25, 0.3) is 5.91 Å². The molecule has 0 aromatic heterocycles. The monoisotopic (exact) mass is 465 g/mol. The Morgan fingerprint density at radius 2 is 1.81 bits per heavy atom. The Bertz CT molecular complexity index is 1110. The van der Waals surface area contributed by atoms with Crippen LogP contribution in [0.3, 0.4) is 0 Å². The maximum atomic E-state index is 12.6. The first kappa shape index (κ1) is 24.8. The summed E-state index contributed by atoms with van der Waals surface area (Å²) >= 11 is 0. The van der Waals surface area contributed by atoms with Gasteiger partial charge in [-0.1, -0.05) is 19.9 Å². The van der Waals surface area contributed by atoms with Crippen LogP contribution in [0.5, 0.6) is 5.75 Å². The number of hydrogen-bond donors (Lipinski definition) is 1. The summed E-state index contributed by atoms with van der Waals surface area (Å²) in [7, 11) is -2.45. The number of nitrogens with one attached hydrogen (secondary N) is 1. The van der Waals surface area contributed by atoms with E-state index in [-0.39, 0.29) is 21.9 Å². The van der Waals surface area contributed by atoms with Crippen molar-refractivity contribution in [2.45, 2.75) is 18.7 Å². The van der Waals surface area contributed by atoms with Crippen LogP contribution in [0.2, 0.25) is 0 Å². The lowest BCUT2D eigenvalue weighted by molar-refractivity contribution is -0.385. The molecule has 0 aliphatic carbocycles. The molecular formula is C20H23N3O8S. The second kappa shape index (κ2) is 10.7. The fourth-order valence-electron chi connectivity index (χ4n) is 2.82. The van der Waals surface area contributed by atoms with Crippen molar-refractivity contribution < 1.29 is 32.4 Å². The van der Waals surface area contributed by atoms with Gasteiger partial charge in [-0.25, -0.2) is 13.2 Å². The summed E-state index contributed by atoms with van der Waals surface area (Å²) in [6, 6.07) is 9.20. The summed E-state index contributed by atoms with van der Waals surface area (Å²) in [5, 5.41) is 13.5. The summed E-state index contributed by atoms with van der Waals surface area (Å²) in [6.45, 7) is 3.37. The lowest BCUT2D eigenvalue weighted by atomic mass is 10.2. The summed E-state index contributed by atoms with van der Waals surface area (Å²) in [5.41, 5.74) is -0.338. The Labute approximate surface area is 185 Å². The van der Waals surface area contributed by atoms with Crippen molar-refractivity contribution in [1.82, 2.24) is 4.31 Å². The van der Waals surface area contributed by atoms with Crippen molar-refractivity contribution >= 4 is 33.3 Å². The van der Waals surface area contributed by atoms with E-state index in [1.54, 1.807) is 13.8 Å². The van der Waals surface area contributed by atoms with Crippen molar-refractivity contribution in [2.24, 2.45) is 0 Å². The zero-order valence-corrected chi connectivity index (χ0v) is 18.5. The van der Waals surface area contributed by atoms with E-state index in [0.717, 1.165) is 6.07 Å². The maximum Gasteiger partial charge on any atom is 0.338 e. The summed E-state index contributed by atoms with van der Waals surface area (Å²) in [5.74, 6) is -1.67. The molecule has 2 aromatic carbocycles. The van der Waals surface area contributed by atoms with Gasteiger partial charge in [-0.05, 0) is 30.3 Å². The summed E-state index contributed by atoms with van der Waals surface area (Å²) < 4.78 is 36.3. The number of nitro benzene ring substituents is 1. The smallest absolute Gasteiger partial charge is 0.338 e. The standard InChI is InChI=1S/C20H23N3O8S/c1-4-22(5-2)32(28,29)16-8-6-7-15(12-16)21-19(24)13-31-20(25)14-9-10-18(30-3)17(11-14)23(26)27/h6-12H,4-5,13H2,1-3H3,(H,21,24). The predicted molar refractivity (Wildman–Crippen MR) is 115 cm³/mol. The van der Waals surface area contributed by atoms with Gasteiger partial charge in [0.05, 0.1) is 22.5 Å². The van der Waals surface area contributed by atoms with Crippen molar-refractivity contribution in [3.05, 3.63) is 58.1 Å². The van der Waals surface area contributed by atoms with Crippen LogP contribution in [0.4, 0.5) is 11.4 Å². The highest BCUT2D eigenvalue weighted by molar-refractivity contribution is 7.89. The van der Waals surface area contributed by atoms with Crippen LogP contribution in [-0.4, -0.2) is 56.3 Å². The van der Waals surface area contributed by atoms with Gasteiger partial charge in [-0.2, -0.15) is 4.31 Å². The Balaban J connectivity index is 2.06. The molecular weight excluding hydrogens is 442 g/mol. The van der Waals surface area contributed by atoms with E-state index in [2.05, 4.69) is 5.32 Å². The molecule has 0 heterocycles. The quantitative estimate of drug-likeness (QED) is 0.320. The molecule has 1 N–H and O–H groups in total. The molecule has 12 heteroatoms. The molecule has 0 fully saturated rings. The molecule has 0 saturated carbocycles. The minimum absolute atomic E-state index is 0.0153. The van der Waals surface area contributed by atoms with Crippen molar-refractivity contribution in [1.29, 1.82) is 0 Å². The molecule has 32 heavy (non-hydrogen) atoms. The first-order valence-electron chi connectivity index (χ1n) is 9.53. The predicted octanol–water partition coefficient (Wildman–Crippen LogP) is 2.43. The second-order valence-electron chi connectivity index (χ2n) is 6.39. The number of anilines is 1. The number of sulfonamides is 1. The zero-order valence-electron chi connectivity index (χ0n) is 17.7. The van der Waals surface area contributed by atoms with Crippen LogP contribution in [-0.2, 0) is 19.6 Å². The number of rotatable bonds is 10. The third-order valence-electron chi connectivity index (χ3n) is 4.41. The first-order valence-corrected chi connectivity index (χ1v) is 11.0. The van der Waals surface area contributed by atoms with Crippen molar-refractivity contribution in [3.8, 4) is 5.75 Å². The van der Waals surface area contributed by atoms with E-state index < -0.39 is 39.1 Å². The van der Waals surface area contributed by atoms with Gasteiger partial charge in [-0.3, -0.25) is 14.9 Å². The average molecular weight is 465 g/mol. The largest absolute Gasteiger partial charge is 0.490 e. The van der Waals surface area contributed by atoms with Crippen LogP contribution in [0.25, 0.3) is 0 Å². The van der Waals surface area contributed by atoms with Gasteiger partial charge < -0.3 is 14.8 Å². The van der Waals surface area contributed by atoms with Gasteiger partial charge in [0.1, 0.15) is 0 Å². The SMILES string of the molecule is CCN(CC)S(=O)(=O)c1cccc(NC(=O)COC(=O)c2ccc(OC)c([N+](=O)[O-])c2)c1. The molecule has 0 bridgehead atoms. The molecule has 172 valence electrons. The number of esters is 1. The number of methoxy groups -OCH3 is 1. The molecule has 0 atom stereocenters. The lowest BCUT2D eigenvalue weighted by Gasteiger charge is -2.18.